The Morgan fingerprint density at radius 2 is 1.80 bits per heavy atom. The molecule has 2 nitrogen and oxygen atoms in total. The predicted molar refractivity (Wildman–Crippen MR) is 86.0 cm³/mol. The van der Waals surface area contributed by atoms with Crippen LogP contribution in [0.4, 0.5) is 11.4 Å². The van der Waals surface area contributed by atoms with Gasteiger partial charge in [-0.1, -0.05) is 29.3 Å². The summed E-state index contributed by atoms with van der Waals surface area (Å²) >= 11 is 6.01. The Labute approximate surface area is 123 Å². The Balaban J connectivity index is 2.06. The first kappa shape index (κ1) is 12.9. The Morgan fingerprint density at radius 1 is 0.950 bits per heavy atom. The first-order valence-corrected chi connectivity index (χ1v) is 6.90. The van der Waals surface area contributed by atoms with E-state index in [4.69, 9.17) is 11.6 Å². The fourth-order valence-corrected chi connectivity index (χ4v) is 2.50. The van der Waals surface area contributed by atoms with Gasteiger partial charge in [0.25, 0.3) is 0 Å². The van der Waals surface area contributed by atoms with E-state index in [1.807, 2.05) is 24.3 Å². The molecule has 0 aliphatic heterocycles. The number of nitrogens with one attached hydrogen (secondary N) is 1. The van der Waals surface area contributed by atoms with Gasteiger partial charge in [-0.05, 0) is 49.7 Å². The van der Waals surface area contributed by atoms with Gasteiger partial charge < -0.3 is 5.32 Å². The first-order chi connectivity index (χ1) is 9.63. The van der Waals surface area contributed by atoms with Gasteiger partial charge >= 0.3 is 0 Å². The molecule has 100 valence electrons. The van der Waals surface area contributed by atoms with Crippen molar-refractivity contribution in [3.05, 3.63) is 64.8 Å². The van der Waals surface area contributed by atoms with E-state index in [1.165, 1.54) is 11.1 Å². The van der Waals surface area contributed by atoms with Crippen molar-refractivity contribution in [2.75, 3.05) is 5.32 Å². The number of aryl methyl sites for hydroxylation is 2. The molecule has 0 bridgehead atoms. The van der Waals surface area contributed by atoms with Crippen molar-refractivity contribution < 1.29 is 0 Å². The lowest BCUT2D eigenvalue weighted by Gasteiger charge is -2.12. The van der Waals surface area contributed by atoms with Gasteiger partial charge in [0.2, 0.25) is 0 Å². The lowest BCUT2D eigenvalue weighted by molar-refractivity contribution is 1.36. The second-order valence-electron chi connectivity index (χ2n) is 4.96. The zero-order chi connectivity index (χ0) is 14.1. The minimum atomic E-state index is 0.702. The van der Waals surface area contributed by atoms with Crippen molar-refractivity contribution in [2.45, 2.75) is 13.8 Å². The number of benzene rings is 2. The van der Waals surface area contributed by atoms with Gasteiger partial charge in [-0.15, -0.1) is 0 Å². The van der Waals surface area contributed by atoms with Gasteiger partial charge in [-0.2, -0.15) is 0 Å². The number of nitrogens with zero attached hydrogens (tertiary/aromatic N) is 1. The van der Waals surface area contributed by atoms with Gasteiger partial charge in [0.15, 0.2) is 0 Å². The van der Waals surface area contributed by atoms with Gasteiger partial charge in [0.05, 0.1) is 5.52 Å². The molecule has 20 heavy (non-hydrogen) atoms. The number of fused-ring (bicyclic) bond motifs is 1. The zero-order valence-corrected chi connectivity index (χ0v) is 12.2. The molecule has 3 rings (SSSR count). The van der Waals surface area contributed by atoms with Crippen LogP contribution in [0.15, 0.2) is 48.7 Å². The second-order valence-corrected chi connectivity index (χ2v) is 5.40. The van der Waals surface area contributed by atoms with Crippen molar-refractivity contribution in [1.82, 2.24) is 4.98 Å². The minimum absolute atomic E-state index is 0.702. The third-order valence-electron chi connectivity index (χ3n) is 3.36. The van der Waals surface area contributed by atoms with Crippen molar-refractivity contribution in [3.63, 3.8) is 0 Å². The molecule has 1 aromatic heterocycles. The molecule has 0 unspecified atom stereocenters. The highest BCUT2D eigenvalue weighted by atomic mass is 35.5. The van der Waals surface area contributed by atoms with Gasteiger partial charge in [0, 0.05) is 28.0 Å². The van der Waals surface area contributed by atoms with E-state index in [9.17, 15) is 0 Å². The highest BCUT2D eigenvalue weighted by Crippen LogP contribution is 2.28. The Hall–Kier alpha value is -2.06. The molecule has 3 heteroatoms. The van der Waals surface area contributed by atoms with Crippen LogP contribution in [0.2, 0.25) is 5.02 Å². The van der Waals surface area contributed by atoms with Crippen LogP contribution in [-0.2, 0) is 0 Å². The van der Waals surface area contributed by atoms with Crippen LogP contribution in [0.1, 0.15) is 11.1 Å². The number of rotatable bonds is 2. The van der Waals surface area contributed by atoms with Crippen LogP contribution < -0.4 is 5.32 Å². The fraction of sp³-hybridized carbons (Fsp3) is 0.118. The summed E-state index contributed by atoms with van der Waals surface area (Å²) in [6.07, 6.45) is 1.80. The molecule has 0 aliphatic rings. The summed E-state index contributed by atoms with van der Waals surface area (Å²) in [5.41, 5.74) is 5.53. The van der Waals surface area contributed by atoms with E-state index in [1.54, 1.807) is 6.20 Å². The van der Waals surface area contributed by atoms with Crippen LogP contribution in [0.5, 0.6) is 0 Å². The highest BCUT2D eigenvalue weighted by Gasteiger charge is 2.04. The maximum absolute atomic E-state index is 6.01. The number of anilines is 2. The summed E-state index contributed by atoms with van der Waals surface area (Å²) < 4.78 is 0. The summed E-state index contributed by atoms with van der Waals surface area (Å²) in [6, 6.07) is 14.1. The van der Waals surface area contributed by atoms with Crippen molar-refractivity contribution in [2.24, 2.45) is 0 Å². The highest BCUT2D eigenvalue weighted by molar-refractivity contribution is 6.31. The molecule has 0 spiro atoms. The third-order valence-corrected chi connectivity index (χ3v) is 3.59. The Morgan fingerprint density at radius 3 is 2.60 bits per heavy atom. The molecule has 3 aromatic rings. The lowest BCUT2D eigenvalue weighted by Crippen LogP contribution is -1.95. The third kappa shape index (κ3) is 2.47. The molecular weight excluding hydrogens is 268 g/mol. The maximum Gasteiger partial charge on any atom is 0.0737 e. The summed E-state index contributed by atoms with van der Waals surface area (Å²) in [6.45, 7) is 4.20. The molecule has 0 atom stereocenters. The van der Waals surface area contributed by atoms with Gasteiger partial charge in [-0.25, -0.2) is 0 Å². The molecular formula is C17H15ClN2. The number of hydrogen-bond donors (Lipinski definition) is 1. The lowest BCUT2D eigenvalue weighted by atomic mass is 10.1. The molecule has 0 amide bonds. The average Bonchev–Trinajstić information content (AvgIpc) is 2.41. The number of hydrogen-bond acceptors (Lipinski definition) is 2. The monoisotopic (exact) mass is 282 g/mol. The van der Waals surface area contributed by atoms with Gasteiger partial charge in [0.1, 0.15) is 0 Å². The quantitative estimate of drug-likeness (QED) is 0.694. The summed E-state index contributed by atoms with van der Waals surface area (Å²) in [5.74, 6) is 0. The number of pyridine rings is 1. The van der Waals surface area contributed by atoms with Crippen molar-refractivity contribution in [3.8, 4) is 0 Å². The smallest absolute Gasteiger partial charge is 0.0737 e. The molecule has 0 saturated carbocycles. The summed E-state index contributed by atoms with van der Waals surface area (Å²) in [5, 5.41) is 5.25. The number of aromatic nitrogens is 1. The Kier molecular flexibility index (Phi) is 3.33. The molecule has 1 heterocycles. The SMILES string of the molecule is Cc1ccc(Nc2ccnc3cc(Cl)ccc23)c(C)c1. The molecule has 0 fully saturated rings. The molecule has 1 N–H and O–H groups in total. The van der Waals surface area contributed by atoms with E-state index in [0.717, 1.165) is 22.3 Å². The standard InChI is InChI=1S/C17H15ClN2/c1-11-3-6-15(12(2)9-11)20-16-7-8-19-17-10-13(18)4-5-14(16)17/h3-10H,1-2H3,(H,19,20). The van der Waals surface area contributed by atoms with Crippen LogP contribution >= 0.6 is 11.6 Å². The molecule has 0 radical (unpaired) electrons. The van der Waals surface area contributed by atoms with Crippen LogP contribution in [0.25, 0.3) is 10.9 Å². The van der Waals surface area contributed by atoms with E-state index in [-0.39, 0.29) is 0 Å². The molecule has 0 saturated heterocycles. The first-order valence-electron chi connectivity index (χ1n) is 6.52. The topological polar surface area (TPSA) is 24.9 Å². The van der Waals surface area contributed by atoms with Crippen LogP contribution in [-0.4, -0.2) is 4.98 Å². The molecule has 2 aromatic carbocycles. The van der Waals surface area contributed by atoms with Gasteiger partial charge in [-0.3, -0.25) is 4.98 Å². The van der Waals surface area contributed by atoms with Crippen molar-refractivity contribution >= 4 is 33.9 Å². The maximum atomic E-state index is 6.01. The normalized spacial score (nSPS) is 10.8. The average molecular weight is 283 g/mol. The van der Waals surface area contributed by atoms with Crippen LogP contribution in [0.3, 0.4) is 0 Å². The second kappa shape index (κ2) is 5.14. The van der Waals surface area contributed by atoms with Crippen molar-refractivity contribution in [1.29, 1.82) is 0 Å². The number of halogens is 1. The van der Waals surface area contributed by atoms with E-state index < -0.39 is 0 Å². The van der Waals surface area contributed by atoms with Crippen LogP contribution in [0, 0.1) is 13.8 Å². The molecule has 0 aliphatic carbocycles. The fourth-order valence-electron chi connectivity index (χ4n) is 2.33. The zero-order valence-electron chi connectivity index (χ0n) is 11.4. The predicted octanol–water partition coefficient (Wildman–Crippen LogP) is 5.25. The summed E-state index contributed by atoms with van der Waals surface area (Å²) in [4.78, 5) is 4.36. The van der Waals surface area contributed by atoms with E-state index in [0.29, 0.717) is 5.02 Å². The van der Waals surface area contributed by atoms with E-state index in [2.05, 4.69) is 42.3 Å². The summed E-state index contributed by atoms with van der Waals surface area (Å²) in [7, 11) is 0. The van der Waals surface area contributed by atoms with E-state index >= 15 is 0 Å². The minimum Gasteiger partial charge on any atom is -0.355 e. The Bertz CT molecular complexity index is 781. The largest absolute Gasteiger partial charge is 0.355 e.